The maximum absolute atomic E-state index is 12.5. The molecule has 0 aliphatic carbocycles. The number of pyridine rings is 1. The summed E-state index contributed by atoms with van der Waals surface area (Å²) in [5.41, 5.74) is 5.14. The minimum atomic E-state index is -0.324. The predicted molar refractivity (Wildman–Crippen MR) is 99.2 cm³/mol. The van der Waals surface area contributed by atoms with Crippen molar-refractivity contribution >= 4 is 17.8 Å². The summed E-state index contributed by atoms with van der Waals surface area (Å²) >= 11 is 0. The van der Waals surface area contributed by atoms with Crippen molar-refractivity contribution in [3.63, 3.8) is 0 Å². The fraction of sp³-hybridized carbons (Fsp3) is 0.211. The van der Waals surface area contributed by atoms with Crippen molar-refractivity contribution in [2.75, 3.05) is 13.7 Å². The Kier molecular flexibility index (Phi) is 5.17. The molecular formula is C19H20N4O3. The summed E-state index contributed by atoms with van der Waals surface area (Å²) in [5.74, 6) is 0.952. The monoisotopic (exact) mass is 352 g/mol. The van der Waals surface area contributed by atoms with Gasteiger partial charge in [-0.25, -0.2) is 10.4 Å². The smallest absolute Gasteiger partial charge is 0.290 e. The molecule has 3 aromatic rings. The first kappa shape index (κ1) is 17.5. The van der Waals surface area contributed by atoms with E-state index < -0.39 is 0 Å². The number of hydrazone groups is 1. The fourth-order valence-electron chi connectivity index (χ4n) is 2.64. The van der Waals surface area contributed by atoms with Crippen LogP contribution in [0.1, 0.15) is 28.7 Å². The van der Waals surface area contributed by atoms with Gasteiger partial charge in [-0.3, -0.25) is 9.20 Å². The van der Waals surface area contributed by atoms with E-state index in [1.807, 2.05) is 31.2 Å². The van der Waals surface area contributed by atoms with E-state index in [1.165, 1.54) is 0 Å². The van der Waals surface area contributed by atoms with E-state index in [0.717, 1.165) is 11.2 Å². The Hall–Kier alpha value is -3.35. The van der Waals surface area contributed by atoms with Crippen molar-refractivity contribution in [1.82, 2.24) is 14.8 Å². The van der Waals surface area contributed by atoms with Crippen molar-refractivity contribution in [2.45, 2.75) is 13.8 Å². The molecule has 0 atom stereocenters. The van der Waals surface area contributed by atoms with Crippen LogP contribution in [0.3, 0.4) is 0 Å². The zero-order valence-electron chi connectivity index (χ0n) is 14.9. The molecule has 1 aromatic carbocycles. The Morgan fingerprint density at radius 1 is 1.31 bits per heavy atom. The lowest BCUT2D eigenvalue weighted by atomic mass is 10.2. The number of hydrogen-bond donors (Lipinski definition) is 1. The number of nitrogens with zero attached hydrogens (tertiary/aromatic N) is 3. The average Bonchev–Trinajstić information content (AvgIpc) is 2.98. The first-order chi connectivity index (χ1) is 12.6. The molecule has 0 spiro atoms. The summed E-state index contributed by atoms with van der Waals surface area (Å²) < 4.78 is 12.5. The van der Waals surface area contributed by atoms with E-state index in [-0.39, 0.29) is 5.91 Å². The molecule has 0 fully saturated rings. The summed E-state index contributed by atoms with van der Waals surface area (Å²) in [7, 11) is 1.58. The number of aromatic nitrogens is 2. The Morgan fingerprint density at radius 2 is 2.15 bits per heavy atom. The van der Waals surface area contributed by atoms with Gasteiger partial charge in [0.15, 0.2) is 11.5 Å². The third-order valence-corrected chi connectivity index (χ3v) is 3.79. The van der Waals surface area contributed by atoms with Crippen LogP contribution in [0, 0.1) is 6.92 Å². The molecule has 0 radical (unpaired) electrons. The first-order valence-corrected chi connectivity index (χ1v) is 8.22. The van der Waals surface area contributed by atoms with E-state index in [1.54, 1.807) is 43.0 Å². The number of carbonyl (C=O) groups excluding carboxylic acids is 1. The van der Waals surface area contributed by atoms with E-state index >= 15 is 0 Å². The highest BCUT2D eigenvalue weighted by atomic mass is 16.5. The number of aryl methyl sites for hydroxylation is 1. The SMILES string of the molecule is CCOc1ccc(/C=N\NC(=O)c2c(C)nc3ccccn23)cc1OC. The average molecular weight is 352 g/mol. The first-order valence-electron chi connectivity index (χ1n) is 8.22. The second kappa shape index (κ2) is 7.69. The second-order valence-electron chi connectivity index (χ2n) is 5.52. The van der Waals surface area contributed by atoms with Crippen LogP contribution in [0.2, 0.25) is 0 Å². The predicted octanol–water partition coefficient (Wildman–Crippen LogP) is 2.81. The van der Waals surface area contributed by atoms with Gasteiger partial charge in [0.2, 0.25) is 0 Å². The summed E-state index contributed by atoms with van der Waals surface area (Å²) in [6, 6.07) is 11.0. The third-order valence-electron chi connectivity index (χ3n) is 3.79. The summed E-state index contributed by atoms with van der Waals surface area (Å²) in [5, 5.41) is 4.03. The largest absolute Gasteiger partial charge is 0.493 e. The van der Waals surface area contributed by atoms with Gasteiger partial charge in [0, 0.05) is 6.20 Å². The van der Waals surface area contributed by atoms with Gasteiger partial charge in [-0.05, 0) is 49.7 Å². The van der Waals surface area contributed by atoms with Gasteiger partial charge >= 0.3 is 0 Å². The van der Waals surface area contributed by atoms with Crippen LogP contribution in [0.5, 0.6) is 11.5 Å². The van der Waals surface area contributed by atoms with Crippen molar-refractivity contribution in [1.29, 1.82) is 0 Å². The maximum atomic E-state index is 12.5. The van der Waals surface area contributed by atoms with Crippen molar-refractivity contribution < 1.29 is 14.3 Å². The molecule has 0 aliphatic rings. The molecule has 0 saturated carbocycles. The number of methoxy groups -OCH3 is 1. The minimum Gasteiger partial charge on any atom is -0.493 e. The number of amides is 1. The molecule has 1 amide bonds. The van der Waals surface area contributed by atoms with Crippen molar-refractivity contribution in [3.05, 3.63) is 59.5 Å². The molecule has 0 aliphatic heterocycles. The van der Waals surface area contributed by atoms with Gasteiger partial charge < -0.3 is 9.47 Å². The van der Waals surface area contributed by atoms with E-state index in [2.05, 4.69) is 15.5 Å². The van der Waals surface area contributed by atoms with Gasteiger partial charge in [0.05, 0.1) is 25.6 Å². The van der Waals surface area contributed by atoms with Gasteiger partial charge in [-0.2, -0.15) is 5.10 Å². The molecule has 7 nitrogen and oxygen atoms in total. The molecule has 1 N–H and O–H groups in total. The van der Waals surface area contributed by atoms with Crippen LogP contribution in [-0.4, -0.2) is 35.2 Å². The Balaban J connectivity index is 1.76. The topological polar surface area (TPSA) is 77.2 Å². The number of fused-ring (bicyclic) bond motifs is 1. The number of rotatable bonds is 6. The number of benzene rings is 1. The molecule has 26 heavy (non-hydrogen) atoms. The summed E-state index contributed by atoms with van der Waals surface area (Å²) in [4.78, 5) is 16.8. The Labute approximate surface area is 151 Å². The highest BCUT2D eigenvalue weighted by Crippen LogP contribution is 2.27. The Morgan fingerprint density at radius 3 is 2.92 bits per heavy atom. The number of ether oxygens (including phenoxy) is 2. The van der Waals surface area contributed by atoms with Gasteiger partial charge in [0.25, 0.3) is 5.91 Å². The molecule has 0 unspecified atom stereocenters. The lowest BCUT2D eigenvalue weighted by molar-refractivity contribution is 0.0948. The van der Waals surface area contributed by atoms with Gasteiger partial charge in [-0.1, -0.05) is 6.07 Å². The molecule has 2 aromatic heterocycles. The summed E-state index contributed by atoms with van der Waals surface area (Å²) in [6.45, 7) is 4.26. The Bertz CT molecular complexity index is 963. The van der Waals surface area contributed by atoms with Crippen LogP contribution >= 0.6 is 0 Å². The lowest BCUT2D eigenvalue weighted by Gasteiger charge is -2.09. The zero-order valence-corrected chi connectivity index (χ0v) is 14.9. The number of carbonyl (C=O) groups is 1. The van der Waals surface area contributed by atoms with Crippen LogP contribution in [0.15, 0.2) is 47.7 Å². The molecule has 134 valence electrons. The normalized spacial score (nSPS) is 11.0. The molecule has 0 bridgehead atoms. The standard InChI is InChI=1S/C19H20N4O3/c1-4-26-15-9-8-14(11-16(15)25-3)12-20-22-19(24)18-13(2)21-17-7-5-6-10-23(17)18/h5-12H,4H2,1-3H3,(H,22,24)/b20-12-. The number of imidazole rings is 1. The third kappa shape index (κ3) is 3.51. The summed E-state index contributed by atoms with van der Waals surface area (Å²) in [6.07, 6.45) is 3.35. The van der Waals surface area contributed by atoms with Crippen LogP contribution in [-0.2, 0) is 0 Å². The minimum absolute atomic E-state index is 0.324. The number of nitrogens with one attached hydrogen (secondary N) is 1. The van der Waals surface area contributed by atoms with E-state index in [9.17, 15) is 4.79 Å². The molecule has 3 rings (SSSR count). The molecular weight excluding hydrogens is 332 g/mol. The van der Waals surface area contributed by atoms with E-state index in [4.69, 9.17) is 9.47 Å². The van der Waals surface area contributed by atoms with Crippen LogP contribution in [0.4, 0.5) is 0 Å². The fourth-order valence-corrected chi connectivity index (χ4v) is 2.64. The van der Waals surface area contributed by atoms with Crippen molar-refractivity contribution in [2.24, 2.45) is 5.10 Å². The van der Waals surface area contributed by atoms with Crippen LogP contribution < -0.4 is 14.9 Å². The van der Waals surface area contributed by atoms with Crippen molar-refractivity contribution in [3.8, 4) is 11.5 Å². The highest BCUT2D eigenvalue weighted by molar-refractivity contribution is 5.95. The zero-order chi connectivity index (χ0) is 18.5. The van der Waals surface area contributed by atoms with Crippen LogP contribution in [0.25, 0.3) is 5.65 Å². The lowest BCUT2D eigenvalue weighted by Crippen LogP contribution is -2.20. The number of hydrogen-bond acceptors (Lipinski definition) is 5. The maximum Gasteiger partial charge on any atom is 0.290 e. The molecule has 0 saturated heterocycles. The second-order valence-corrected chi connectivity index (χ2v) is 5.52. The molecule has 2 heterocycles. The van der Waals surface area contributed by atoms with Gasteiger partial charge in [-0.15, -0.1) is 0 Å². The van der Waals surface area contributed by atoms with Gasteiger partial charge in [0.1, 0.15) is 11.3 Å². The van der Waals surface area contributed by atoms with E-state index in [0.29, 0.717) is 29.5 Å². The quantitative estimate of drug-likeness (QED) is 0.547. The highest BCUT2D eigenvalue weighted by Gasteiger charge is 2.15. The molecule has 7 heteroatoms.